The second-order valence-corrected chi connectivity index (χ2v) is 11.1. The molecule has 3 aromatic carbocycles. The highest BCUT2D eigenvalue weighted by Crippen LogP contribution is 2.37. The maximum Gasteiger partial charge on any atom is 0.260 e. The number of ether oxygens (including phenoxy) is 1. The van der Waals surface area contributed by atoms with Crippen LogP contribution >= 0.6 is 61.9 Å². The summed E-state index contributed by atoms with van der Waals surface area (Å²) in [5.41, 5.74) is 3.89. The minimum Gasteiger partial charge on any atom is -0.486 e. The van der Waals surface area contributed by atoms with Gasteiger partial charge in [-0.15, -0.1) is 0 Å². The van der Waals surface area contributed by atoms with Gasteiger partial charge in [0.1, 0.15) is 6.61 Å². The Hall–Kier alpha value is -1.68. The lowest BCUT2D eigenvalue weighted by Crippen LogP contribution is -2.30. The van der Waals surface area contributed by atoms with Gasteiger partial charge in [-0.1, -0.05) is 54.6 Å². The third-order valence-corrected chi connectivity index (χ3v) is 7.62. The van der Waals surface area contributed by atoms with E-state index in [-0.39, 0.29) is 11.4 Å². The van der Waals surface area contributed by atoms with Crippen molar-refractivity contribution in [3.05, 3.63) is 95.3 Å². The number of benzene rings is 3. The summed E-state index contributed by atoms with van der Waals surface area (Å²) in [5.74, 6) is 0.463. The van der Waals surface area contributed by atoms with Crippen molar-refractivity contribution in [1.29, 1.82) is 0 Å². The molecule has 2 N–H and O–H groups in total. The molecule has 1 aliphatic rings. The van der Waals surface area contributed by atoms with Gasteiger partial charge >= 0.3 is 0 Å². The number of carbonyl (C=O) groups is 1. The largest absolute Gasteiger partial charge is 0.486 e. The van der Waals surface area contributed by atoms with Crippen molar-refractivity contribution in [2.24, 2.45) is 0 Å². The Labute approximate surface area is 224 Å². The first-order chi connectivity index (χ1) is 15.9. The predicted molar refractivity (Wildman–Crippen MR) is 150 cm³/mol. The second kappa shape index (κ2) is 11.2. The highest BCUT2D eigenvalue weighted by Gasteiger charge is 2.27. The average Bonchev–Trinajstić information content (AvgIpc) is 3.13. The van der Waals surface area contributed by atoms with E-state index in [1.807, 2.05) is 48.5 Å². The maximum atomic E-state index is 12.5. The quantitative estimate of drug-likeness (QED) is 0.205. The Morgan fingerprint density at radius 3 is 2.52 bits per heavy atom. The van der Waals surface area contributed by atoms with Crippen LogP contribution in [0.3, 0.4) is 0 Å². The van der Waals surface area contributed by atoms with Crippen LogP contribution in [0.15, 0.2) is 70.0 Å². The molecule has 0 saturated carbocycles. The van der Waals surface area contributed by atoms with Crippen molar-refractivity contribution >= 4 is 79.6 Å². The predicted octanol–water partition coefficient (Wildman–Crippen LogP) is 7.45. The topological polar surface area (TPSA) is 50.4 Å². The number of hydrogen-bond donors (Lipinski definition) is 2. The Bertz CT molecular complexity index is 1160. The number of halogens is 3. The SMILES string of the molecule is CCc1ccc(N[C@@H]2NC(=O)/C(=C/c3cc(Cl)c(OCc4ccc(I)cc4)c(Br)c3)S2)cc1. The zero-order valence-corrected chi connectivity index (χ0v) is 23.0. The first-order valence-electron chi connectivity index (χ1n) is 10.3. The van der Waals surface area contributed by atoms with E-state index >= 15 is 0 Å². The molecule has 4 nitrogen and oxygen atoms in total. The van der Waals surface area contributed by atoms with Gasteiger partial charge in [0.15, 0.2) is 11.2 Å². The molecule has 0 bridgehead atoms. The van der Waals surface area contributed by atoms with Gasteiger partial charge in [0, 0.05) is 9.26 Å². The molecule has 0 spiro atoms. The zero-order chi connectivity index (χ0) is 23.4. The monoisotopic (exact) mass is 654 g/mol. The number of rotatable bonds is 7. The molecule has 0 aliphatic carbocycles. The van der Waals surface area contributed by atoms with E-state index in [1.165, 1.54) is 20.9 Å². The Balaban J connectivity index is 1.43. The molecule has 1 saturated heterocycles. The Morgan fingerprint density at radius 1 is 1.15 bits per heavy atom. The molecule has 170 valence electrons. The van der Waals surface area contributed by atoms with Crippen LogP contribution in [0.25, 0.3) is 6.08 Å². The molecule has 1 aliphatic heterocycles. The summed E-state index contributed by atoms with van der Waals surface area (Å²) in [6.07, 6.45) is 2.83. The van der Waals surface area contributed by atoms with Crippen LogP contribution in [-0.4, -0.2) is 11.4 Å². The zero-order valence-electron chi connectivity index (χ0n) is 17.7. The van der Waals surface area contributed by atoms with Crippen LogP contribution in [-0.2, 0) is 17.8 Å². The van der Waals surface area contributed by atoms with E-state index in [1.54, 1.807) is 6.07 Å². The van der Waals surface area contributed by atoms with Gasteiger partial charge in [0.05, 0.1) is 14.4 Å². The summed E-state index contributed by atoms with van der Waals surface area (Å²) in [6, 6.07) is 20.1. The van der Waals surface area contributed by atoms with Crippen molar-refractivity contribution < 1.29 is 9.53 Å². The van der Waals surface area contributed by atoms with Crippen molar-refractivity contribution in [1.82, 2.24) is 5.32 Å². The van der Waals surface area contributed by atoms with E-state index in [2.05, 4.69) is 68.2 Å². The summed E-state index contributed by atoms with van der Waals surface area (Å²) in [4.78, 5) is 13.1. The molecule has 0 unspecified atom stereocenters. The van der Waals surface area contributed by atoms with E-state index in [0.29, 0.717) is 22.3 Å². The van der Waals surface area contributed by atoms with Crippen molar-refractivity contribution in [2.45, 2.75) is 25.4 Å². The molecule has 1 amide bonds. The fraction of sp³-hybridized carbons (Fsp3) is 0.160. The van der Waals surface area contributed by atoms with Gasteiger partial charge in [0.25, 0.3) is 5.91 Å². The molecule has 3 aromatic rings. The number of anilines is 1. The highest BCUT2D eigenvalue weighted by molar-refractivity contribution is 14.1. The molecule has 1 heterocycles. The summed E-state index contributed by atoms with van der Waals surface area (Å²) < 4.78 is 7.86. The maximum absolute atomic E-state index is 12.5. The fourth-order valence-electron chi connectivity index (χ4n) is 3.24. The van der Waals surface area contributed by atoms with Crippen LogP contribution in [0.5, 0.6) is 5.75 Å². The summed E-state index contributed by atoms with van der Waals surface area (Å²) in [6.45, 7) is 2.54. The first kappa shape index (κ1) is 24.4. The molecule has 8 heteroatoms. The number of carbonyl (C=O) groups excluding carboxylic acids is 1. The van der Waals surface area contributed by atoms with Crippen LogP contribution in [0, 0.1) is 3.57 Å². The summed E-state index contributed by atoms with van der Waals surface area (Å²) in [5, 5.41) is 6.78. The van der Waals surface area contributed by atoms with Gasteiger partial charge in [0.2, 0.25) is 0 Å². The number of thioether (sulfide) groups is 1. The van der Waals surface area contributed by atoms with Crippen LogP contribution < -0.4 is 15.4 Å². The van der Waals surface area contributed by atoms with E-state index < -0.39 is 0 Å². The Kier molecular flexibility index (Phi) is 8.27. The normalized spacial score (nSPS) is 16.7. The minimum atomic E-state index is -0.230. The molecule has 1 fully saturated rings. The molecule has 1 atom stereocenters. The summed E-state index contributed by atoms with van der Waals surface area (Å²) in [7, 11) is 0. The second-order valence-electron chi connectivity index (χ2n) is 7.40. The van der Waals surface area contributed by atoms with Crippen LogP contribution in [0.4, 0.5) is 5.69 Å². The van der Waals surface area contributed by atoms with Gasteiger partial charge in [-0.25, -0.2) is 0 Å². The van der Waals surface area contributed by atoms with Gasteiger partial charge < -0.3 is 15.4 Å². The van der Waals surface area contributed by atoms with Crippen molar-refractivity contribution in [3.8, 4) is 5.75 Å². The van der Waals surface area contributed by atoms with Crippen molar-refractivity contribution in [2.75, 3.05) is 5.32 Å². The average molecular weight is 656 g/mol. The molecular weight excluding hydrogens is 635 g/mol. The number of amides is 1. The highest BCUT2D eigenvalue weighted by atomic mass is 127. The molecule has 0 aromatic heterocycles. The smallest absolute Gasteiger partial charge is 0.260 e. The van der Waals surface area contributed by atoms with E-state index in [4.69, 9.17) is 16.3 Å². The van der Waals surface area contributed by atoms with E-state index in [9.17, 15) is 4.79 Å². The molecular formula is C25H21BrClIN2O2S. The van der Waals surface area contributed by atoms with Gasteiger partial charge in [-0.05, 0) is 104 Å². The lowest BCUT2D eigenvalue weighted by Gasteiger charge is -2.13. The Morgan fingerprint density at radius 2 is 1.85 bits per heavy atom. The van der Waals surface area contributed by atoms with Crippen LogP contribution in [0.1, 0.15) is 23.6 Å². The van der Waals surface area contributed by atoms with Crippen molar-refractivity contribution in [3.63, 3.8) is 0 Å². The lowest BCUT2D eigenvalue weighted by atomic mass is 10.1. The standard InChI is InChI=1S/C25H21BrClIN2O2S/c1-2-15-5-9-19(10-6-15)29-25-30-24(31)22(33-25)13-17-11-20(26)23(21(27)12-17)32-14-16-3-7-18(28)8-4-16/h3-13,25,29H,2,14H2,1H3,(H,30,31)/b22-13-/t25-/m1/s1. The molecule has 0 radical (unpaired) electrons. The van der Waals surface area contributed by atoms with Crippen LogP contribution in [0.2, 0.25) is 5.02 Å². The fourth-order valence-corrected chi connectivity index (χ4v) is 5.57. The third kappa shape index (κ3) is 6.47. The minimum absolute atomic E-state index is 0.117. The van der Waals surface area contributed by atoms with E-state index in [0.717, 1.165) is 27.7 Å². The number of nitrogens with one attached hydrogen (secondary N) is 2. The lowest BCUT2D eigenvalue weighted by molar-refractivity contribution is -0.116. The molecule has 33 heavy (non-hydrogen) atoms. The number of aryl methyl sites for hydroxylation is 1. The molecule has 4 rings (SSSR count). The van der Waals surface area contributed by atoms with Gasteiger partial charge in [-0.2, -0.15) is 0 Å². The first-order valence-corrected chi connectivity index (χ1v) is 13.4. The summed E-state index contributed by atoms with van der Waals surface area (Å²) >= 11 is 13.8. The van der Waals surface area contributed by atoms with Gasteiger partial charge in [-0.3, -0.25) is 4.79 Å². The number of hydrogen-bond acceptors (Lipinski definition) is 4. The third-order valence-electron chi connectivity index (χ3n) is 5.01.